The van der Waals surface area contributed by atoms with E-state index in [1.165, 1.54) is 0 Å². The van der Waals surface area contributed by atoms with Crippen LogP contribution < -0.4 is 0 Å². The third-order valence-corrected chi connectivity index (χ3v) is 3.36. The highest BCUT2D eigenvalue weighted by atomic mass is 79.9. The van der Waals surface area contributed by atoms with E-state index in [9.17, 15) is 5.11 Å². The first-order valence-electron chi connectivity index (χ1n) is 4.83. The van der Waals surface area contributed by atoms with Gasteiger partial charge < -0.3 is 15.1 Å². The second-order valence-corrected chi connectivity index (χ2v) is 4.38. The Morgan fingerprint density at radius 1 is 1.38 bits per heavy atom. The lowest BCUT2D eigenvalue weighted by atomic mass is 9.98. The summed E-state index contributed by atoms with van der Waals surface area (Å²) in [6.45, 7) is 3.09. The van der Waals surface area contributed by atoms with Crippen LogP contribution in [0.25, 0.3) is 0 Å². The Morgan fingerprint density at radius 2 is 2.00 bits per heavy atom. The topological polar surface area (TPSA) is 43.7 Å². The molecule has 0 amide bonds. The standard InChI is InChI=1S/C9H18BrNO2/c10-5-9(13)6-11-3-1-8(7-12)2-4-11/h8-9,12-13H,1-7H2. The molecule has 0 aromatic rings. The highest BCUT2D eigenvalue weighted by Crippen LogP contribution is 2.16. The van der Waals surface area contributed by atoms with Crippen molar-refractivity contribution in [1.29, 1.82) is 0 Å². The first-order valence-corrected chi connectivity index (χ1v) is 5.95. The van der Waals surface area contributed by atoms with Crippen molar-refractivity contribution in [3.8, 4) is 0 Å². The molecule has 0 aromatic carbocycles. The molecule has 1 unspecified atom stereocenters. The van der Waals surface area contributed by atoms with Crippen LogP contribution in [0.5, 0.6) is 0 Å². The molecule has 1 saturated heterocycles. The van der Waals surface area contributed by atoms with Crippen LogP contribution in [-0.2, 0) is 0 Å². The Hall–Kier alpha value is 0.360. The second kappa shape index (κ2) is 5.96. The highest BCUT2D eigenvalue weighted by molar-refractivity contribution is 9.09. The number of halogens is 1. The summed E-state index contributed by atoms with van der Waals surface area (Å²) in [4.78, 5) is 2.26. The Bertz CT molecular complexity index is 138. The molecule has 0 bridgehead atoms. The van der Waals surface area contributed by atoms with Gasteiger partial charge in [0.25, 0.3) is 0 Å². The monoisotopic (exact) mass is 251 g/mol. The SMILES string of the molecule is OCC1CCN(CC(O)CBr)CC1. The van der Waals surface area contributed by atoms with Gasteiger partial charge in [-0.2, -0.15) is 0 Å². The molecule has 0 aromatic heterocycles. The number of nitrogens with zero attached hydrogens (tertiary/aromatic N) is 1. The molecule has 0 saturated carbocycles. The minimum absolute atomic E-state index is 0.259. The summed E-state index contributed by atoms with van der Waals surface area (Å²) in [5.74, 6) is 0.484. The first-order chi connectivity index (χ1) is 6.26. The minimum Gasteiger partial charge on any atom is -0.396 e. The van der Waals surface area contributed by atoms with E-state index in [-0.39, 0.29) is 6.10 Å². The predicted octanol–water partition coefficient (Wildman–Crippen LogP) is 0.447. The van der Waals surface area contributed by atoms with E-state index in [0.29, 0.717) is 17.9 Å². The van der Waals surface area contributed by atoms with Gasteiger partial charge in [0.1, 0.15) is 0 Å². The smallest absolute Gasteiger partial charge is 0.0763 e. The minimum atomic E-state index is -0.259. The third-order valence-electron chi connectivity index (χ3n) is 2.61. The number of rotatable bonds is 4. The lowest BCUT2D eigenvalue weighted by Crippen LogP contribution is -2.39. The molecule has 4 heteroatoms. The molecule has 1 aliphatic rings. The molecule has 2 N–H and O–H groups in total. The highest BCUT2D eigenvalue weighted by Gasteiger charge is 2.19. The molecular weight excluding hydrogens is 234 g/mol. The Labute approximate surface area is 87.9 Å². The van der Waals surface area contributed by atoms with Gasteiger partial charge in [-0.3, -0.25) is 0 Å². The average molecular weight is 252 g/mol. The van der Waals surface area contributed by atoms with Gasteiger partial charge in [0.2, 0.25) is 0 Å². The summed E-state index contributed by atoms with van der Waals surface area (Å²) in [5.41, 5.74) is 0. The zero-order valence-electron chi connectivity index (χ0n) is 7.82. The molecule has 0 radical (unpaired) electrons. The molecule has 3 nitrogen and oxygen atoms in total. The number of likely N-dealkylation sites (tertiary alicyclic amines) is 1. The predicted molar refractivity (Wildman–Crippen MR) is 56.1 cm³/mol. The van der Waals surface area contributed by atoms with Crippen LogP contribution in [0.1, 0.15) is 12.8 Å². The molecule has 1 fully saturated rings. The van der Waals surface area contributed by atoms with E-state index in [1.54, 1.807) is 0 Å². The molecule has 1 aliphatic heterocycles. The molecule has 0 aliphatic carbocycles. The molecule has 0 spiro atoms. The van der Waals surface area contributed by atoms with Crippen molar-refractivity contribution in [3.63, 3.8) is 0 Å². The van der Waals surface area contributed by atoms with Crippen LogP contribution in [0.2, 0.25) is 0 Å². The van der Waals surface area contributed by atoms with E-state index in [2.05, 4.69) is 20.8 Å². The normalized spacial score (nSPS) is 23.3. The average Bonchev–Trinajstić information content (AvgIpc) is 2.19. The van der Waals surface area contributed by atoms with Crippen LogP contribution in [0, 0.1) is 5.92 Å². The van der Waals surface area contributed by atoms with Crippen molar-refractivity contribution >= 4 is 15.9 Å². The number of hydrogen-bond donors (Lipinski definition) is 2. The summed E-state index contributed by atoms with van der Waals surface area (Å²) >= 11 is 3.25. The fourth-order valence-electron chi connectivity index (χ4n) is 1.70. The van der Waals surface area contributed by atoms with Gasteiger partial charge in [-0.1, -0.05) is 15.9 Å². The number of aliphatic hydroxyl groups is 2. The quantitative estimate of drug-likeness (QED) is 0.714. The summed E-state index contributed by atoms with van der Waals surface area (Å²) in [5, 5.41) is 19.0. The van der Waals surface area contributed by atoms with Gasteiger partial charge in [0.05, 0.1) is 6.10 Å². The molecule has 13 heavy (non-hydrogen) atoms. The summed E-state index contributed by atoms with van der Waals surface area (Å²) in [6.07, 6.45) is 1.86. The van der Waals surface area contributed by atoms with Crippen molar-refractivity contribution in [2.45, 2.75) is 18.9 Å². The summed E-state index contributed by atoms with van der Waals surface area (Å²) < 4.78 is 0. The van der Waals surface area contributed by atoms with Crippen LogP contribution in [0.15, 0.2) is 0 Å². The molecule has 1 heterocycles. The fourth-order valence-corrected chi connectivity index (χ4v) is 1.90. The van der Waals surface area contributed by atoms with Crippen LogP contribution in [-0.4, -0.2) is 52.8 Å². The zero-order valence-corrected chi connectivity index (χ0v) is 9.41. The van der Waals surface area contributed by atoms with E-state index < -0.39 is 0 Å². The van der Waals surface area contributed by atoms with Crippen LogP contribution in [0.4, 0.5) is 0 Å². The lowest BCUT2D eigenvalue weighted by Gasteiger charge is -2.31. The number of aliphatic hydroxyl groups excluding tert-OH is 2. The van der Waals surface area contributed by atoms with Crippen molar-refractivity contribution in [2.24, 2.45) is 5.92 Å². The number of β-amino-alcohol motifs (C(OH)–C–C–N with tert-alkyl or cyclic N) is 1. The van der Waals surface area contributed by atoms with E-state index in [0.717, 1.165) is 32.5 Å². The van der Waals surface area contributed by atoms with Gasteiger partial charge in [0, 0.05) is 18.5 Å². The van der Waals surface area contributed by atoms with E-state index in [1.807, 2.05) is 0 Å². The number of piperidine rings is 1. The molecule has 1 rings (SSSR count). The van der Waals surface area contributed by atoms with Gasteiger partial charge >= 0.3 is 0 Å². The zero-order chi connectivity index (χ0) is 9.68. The van der Waals surface area contributed by atoms with Crippen molar-refractivity contribution < 1.29 is 10.2 Å². The van der Waals surface area contributed by atoms with E-state index in [4.69, 9.17) is 5.11 Å². The fraction of sp³-hybridized carbons (Fsp3) is 1.00. The Kier molecular flexibility index (Phi) is 5.24. The first kappa shape index (κ1) is 11.4. The number of alkyl halides is 1. The Balaban J connectivity index is 2.17. The van der Waals surface area contributed by atoms with Crippen molar-refractivity contribution in [3.05, 3.63) is 0 Å². The largest absolute Gasteiger partial charge is 0.396 e. The molecular formula is C9H18BrNO2. The van der Waals surface area contributed by atoms with Crippen molar-refractivity contribution in [1.82, 2.24) is 4.90 Å². The van der Waals surface area contributed by atoms with Gasteiger partial charge in [-0.15, -0.1) is 0 Å². The number of hydrogen-bond acceptors (Lipinski definition) is 3. The van der Waals surface area contributed by atoms with Gasteiger partial charge in [-0.25, -0.2) is 0 Å². The van der Waals surface area contributed by atoms with Gasteiger partial charge in [0.15, 0.2) is 0 Å². The second-order valence-electron chi connectivity index (χ2n) is 3.73. The summed E-state index contributed by atoms with van der Waals surface area (Å²) in [6, 6.07) is 0. The third kappa shape index (κ3) is 3.94. The maximum atomic E-state index is 9.40. The van der Waals surface area contributed by atoms with Crippen LogP contribution in [0.3, 0.4) is 0 Å². The van der Waals surface area contributed by atoms with Gasteiger partial charge in [-0.05, 0) is 31.8 Å². The Morgan fingerprint density at radius 3 is 2.46 bits per heavy atom. The maximum absolute atomic E-state index is 9.40. The lowest BCUT2D eigenvalue weighted by molar-refractivity contribution is 0.0869. The molecule has 1 atom stereocenters. The van der Waals surface area contributed by atoms with E-state index >= 15 is 0 Å². The molecule has 78 valence electrons. The maximum Gasteiger partial charge on any atom is 0.0763 e. The van der Waals surface area contributed by atoms with Crippen molar-refractivity contribution in [2.75, 3.05) is 31.6 Å². The van der Waals surface area contributed by atoms with Crippen LogP contribution >= 0.6 is 15.9 Å². The summed E-state index contributed by atoms with van der Waals surface area (Å²) in [7, 11) is 0.